The fourth-order valence-electron chi connectivity index (χ4n) is 3.64. The highest BCUT2D eigenvalue weighted by molar-refractivity contribution is 7.89. The molecule has 1 aromatic rings. The zero-order chi connectivity index (χ0) is 15.6. The maximum Gasteiger partial charge on any atom is 0.243 e. The smallest absolute Gasteiger partial charge is 0.243 e. The highest BCUT2D eigenvalue weighted by Crippen LogP contribution is 2.29. The van der Waals surface area contributed by atoms with Crippen LogP contribution in [0.2, 0.25) is 0 Å². The van der Waals surface area contributed by atoms with Gasteiger partial charge in [-0.05, 0) is 81.3 Å². The van der Waals surface area contributed by atoms with Crippen LogP contribution in [0.5, 0.6) is 0 Å². The maximum absolute atomic E-state index is 12.8. The normalized spacial score (nSPS) is 20.2. The van der Waals surface area contributed by atoms with Crippen LogP contribution < -0.4 is 5.32 Å². The number of piperidine rings is 1. The van der Waals surface area contributed by atoms with Crippen LogP contribution in [0.25, 0.3) is 0 Å². The molecule has 2 aliphatic rings. The average molecular weight is 322 g/mol. The first-order chi connectivity index (χ1) is 10.6. The van der Waals surface area contributed by atoms with Gasteiger partial charge < -0.3 is 5.32 Å². The number of hydrogen-bond acceptors (Lipinski definition) is 3. The predicted molar refractivity (Wildman–Crippen MR) is 88.5 cm³/mol. The first-order valence-corrected chi connectivity index (χ1v) is 9.82. The SMILES string of the molecule is CNCCC1CCN(S(=O)(=O)c2ccc3c(c2)CCC3)CC1. The molecule has 1 N–H and O–H groups in total. The van der Waals surface area contributed by atoms with Gasteiger partial charge in [-0.3, -0.25) is 0 Å². The Morgan fingerprint density at radius 1 is 1.18 bits per heavy atom. The number of sulfonamides is 1. The maximum atomic E-state index is 12.8. The van der Waals surface area contributed by atoms with E-state index in [1.165, 1.54) is 11.1 Å². The molecule has 22 heavy (non-hydrogen) atoms. The third kappa shape index (κ3) is 3.21. The lowest BCUT2D eigenvalue weighted by Gasteiger charge is -2.31. The molecule has 1 aromatic carbocycles. The first-order valence-electron chi connectivity index (χ1n) is 8.38. The Morgan fingerprint density at radius 2 is 1.91 bits per heavy atom. The zero-order valence-corrected chi connectivity index (χ0v) is 14.2. The number of aryl methyl sites for hydroxylation is 2. The third-order valence-corrected chi connectivity index (χ3v) is 6.98. The molecule has 4 nitrogen and oxygen atoms in total. The second kappa shape index (κ2) is 6.69. The number of benzene rings is 1. The van der Waals surface area contributed by atoms with Crippen LogP contribution in [0.3, 0.4) is 0 Å². The van der Waals surface area contributed by atoms with Gasteiger partial charge in [0.2, 0.25) is 10.0 Å². The Bertz CT molecular complexity index is 620. The van der Waals surface area contributed by atoms with E-state index in [4.69, 9.17) is 0 Å². The Morgan fingerprint density at radius 3 is 2.64 bits per heavy atom. The van der Waals surface area contributed by atoms with E-state index in [2.05, 4.69) is 5.32 Å². The molecule has 1 fully saturated rings. The molecular formula is C17H26N2O2S. The topological polar surface area (TPSA) is 49.4 Å². The number of nitrogens with zero attached hydrogens (tertiary/aromatic N) is 1. The standard InChI is InChI=1S/C17H26N2O2S/c1-18-10-7-14-8-11-19(12-9-14)22(20,21)17-6-5-15-3-2-4-16(15)13-17/h5-6,13-14,18H,2-4,7-12H2,1H3. The molecule has 0 unspecified atom stereocenters. The van der Waals surface area contributed by atoms with Gasteiger partial charge in [0.05, 0.1) is 4.90 Å². The van der Waals surface area contributed by atoms with Crippen molar-refractivity contribution in [3.05, 3.63) is 29.3 Å². The molecule has 0 bridgehead atoms. The van der Waals surface area contributed by atoms with Gasteiger partial charge in [-0.15, -0.1) is 0 Å². The minimum atomic E-state index is -3.31. The number of nitrogens with one attached hydrogen (secondary N) is 1. The van der Waals surface area contributed by atoms with Gasteiger partial charge in [0.15, 0.2) is 0 Å². The second-order valence-corrected chi connectivity index (χ2v) is 8.46. The molecule has 0 atom stereocenters. The van der Waals surface area contributed by atoms with E-state index >= 15 is 0 Å². The highest BCUT2D eigenvalue weighted by Gasteiger charge is 2.29. The lowest BCUT2D eigenvalue weighted by Crippen LogP contribution is -2.38. The lowest BCUT2D eigenvalue weighted by molar-refractivity contribution is 0.263. The summed E-state index contributed by atoms with van der Waals surface area (Å²) in [4.78, 5) is 0.488. The molecule has 0 amide bonds. The Balaban J connectivity index is 1.69. The molecule has 5 heteroatoms. The fourth-order valence-corrected chi connectivity index (χ4v) is 5.17. The van der Waals surface area contributed by atoms with Crippen LogP contribution >= 0.6 is 0 Å². The summed E-state index contributed by atoms with van der Waals surface area (Å²) in [6, 6.07) is 5.71. The summed E-state index contributed by atoms with van der Waals surface area (Å²) < 4.78 is 27.3. The first kappa shape index (κ1) is 16.0. The monoisotopic (exact) mass is 322 g/mol. The van der Waals surface area contributed by atoms with E-state index in [1.807, 2.05) is 19.2 Å². The van der Waals surface area contributed by atoms with Crippen molar-refractivity contribution in [2.24, 2.45) is 5.92 Å². The molecule has 0 aromatic heterocycles. The number of hydrogen-bond donors (Lipinski definition) is 1. The Hall–Kier alpha value is -0.910. The van der Waals surface area contributed by atoms with Crippen LogP contribution in [0, 0.1) is 5.92 Å². The van der Waals surface area contributed by atoms with Gasteiger partial charge in [-0.1, -0.05) is 6.07 Å². The molecule has 1 aliphatic heterocycles. The summed E-state index contributed by atoms with van der Waals surface area (Å²) in [6.07, 6.45) is 6.36. The van der Waals surface area contributed by atoms with Crippen molar-refractivity contribution in [2.45, 2.75) is 43.4 Å². The summed E-state index contributed by atoms with van der Waals surface area (Å²) in [6.45, 7) is 2.34. The molecule has 0 saturated carbocycles. The highest BCUT2D eigenvalue weighted by atomic mass is 32.2. The van der Waals surface area contributed by atoms with Crippen molar-refractivity contribution in [1.29, 1.82) is 0 Å². The molecule has 3 rings (SSSR count). The lowest BCUT2D eigenvalue weighted by atomic mass is 9.95. The van der Waals surface area contributed by atoms with Crippen LogP contribution in [0.15, 0.2) is 23.1 Å². The summed E-state index contributed by atoms with van der Waals surface area (Å²) in [7, 11) is -1.34. The van der Waals surface area contributed by atoms with E-state index in [9.17, 15) is 8.42 Å². The van der Waals surface area contributed by atoms with Gasteiger partial charge in [-0.25, -0.2) is 8.42 Å². The molecular weight excluding hydrogens is 296 g/mol. The minimum absolute atomic E-state index is 0.488. The van der Waals surface area contributed by atoms with E-state index in [1.54, 1.807) is 10.4 Å². The summed E-state index contributed by atoms with van der Waals surface area (Å²) in [5.74, 6) is 0.652. The van der Waals surface area contributed by atoms with Crippen molar-refractivity contribution >= 4 is 10.0 Å². The molecule has 1 saturated heterocycles. The van der Waals surface area contributed by atoms with E-state index < -0.39 is 10.0 Å². The van der Waals surface area contributed by atoms with Gasteiger partial charge in [-0.2, -0.15) is 4.31 Å². The van der Waals surface area contributed by atoms with Crippen molar-refractivity contribution in [3.8, 4) is 0 Å². The number of rotatable bonds is 5. The fraction of sp³-hybridized carbons (Fsp3) is 0.647. The molecule has 0 spiro atoms. The van der Waals surface area contributed by atoms with Gasteiger partial charge in [0, 0.05) is 13.1 Å². The summed E-state index contributed by atoms with van der Waals surface area (Å²) in [5.41, 5.74) is 2.55. The molecule has 1 heterocycles. The quantitative estimate of drug-likeness (QED) is 0.904. The van der Waals surface area contributed by atoms with Crippen LogP contribution in [-0.2, 0) is 22.9 Å². The number of fused-ring (bicyclic) bond motifs is 1. The van der Waals surface area contributed by atoms with Crippen molar-refractivity contribution in [2.75, 3.05) is 26.7 Å². The predicted octanol–water partition coefficient (Wildman–Crippen LogP) is 2.19. The molecule has 0 radical (unpaired) electrons. The molecule has 1 aliphatic carbocycles. The van der Waals surface area contributed by atoms with E-state index in [0.29, 0.717) is 23.9 Å². The van der Waals surface area contributed by atoms with Gasteiger partial charge in [0.25, 0.3) is 0 Å². The molecule has 122 valence electrons. The van der Waals surface area contributed by atoms with Crippen LogP contribution in [-0.4, -0.2) is 39.4 Å². The van der Waals surface area contributed by atoms with Gasteiger partial charge in [0.1, 0.15) is 0 Å². The second-order valence-electron chi connectivity index (χ2n) is 6.52. The largest absolute Gasteiger partial charge is 0.320 e. The van der Waals surface area contributed by atoms with Crippen molar-refractivity contribution < 1.29 is 8.42 Å². The van der Waals surface area contributed by atoms with Crippen LogP contribution in [0.4, 0.5) is 0 Å². The summed E-state index contributed by atoms with van der Waals surface area (Å²) >= 11 is 0. The van der Waals surface area contributed by atoms with Crippen molar-refractivity contribution in [3.63, 3.8) is 0 Å². The van der Waals surface area contributed by atoms with Gasteiger partial charge >= 0.3 is 0 Å². The third-order valence-electron chi connectivity index (χ3n) is 5.08. The summed E-state index contributed by atoms with van der Waals surface area (Å²) in [5, 5.41) is 3.17. The Labute approximate surface area is 134 Å². The van der Waals surface area contributed by atoms with Crippen LogP contribution in [0.1, 0.15) is 36.8 Å². The zero-order valence-electron chi connectivity index (χ0n) is 13.3. The minimum Gasteiger partial charge on any atom is -0.320 e. The van der Waals surface area contributed by atoms with E-state index in [-0.39, 0.29) is 0 Å². The Kier molecular flexibility index (Phi) is 4.85. The van der Waals surface area contributed by atoms with E-state index in [0.717, 1.165) is 45.1 Å². The van der Waals surface area contributed by atoms with Crippen molar-refractivity contribution in [1.82, 2.24) is 9.62 Å². The average Bonchev–Trinajstić information content (AvgIpc) is 3.01.